The van der Waals surface area contributed by atoms with Crippen LogP contribution in [0, 0.1) is 0 Å². The molecule has 0 atom stereocenters. The third kappa shape index (κ3) is 4.11. The number of thiazole rings is 1. The van der Waals surface area contributed by atoms with E-state index in [2.05, 4.69) is 22.0 Å². The maximum atomic E-state index is 12.8. The minimum atomic E-state index is 0.0269. The molecule has 2 fully saturated rings. The largest absolute Gasteiger partial charge is 0.335 e. The summed E-state index contributed by atoms with van der Waals surface area (Å²) in [5.41, 5.74) is 3.00. The van der Waals surface area contributed by atoms with E-state index in [4.69, 9.17) is 0 Å². The molecular formula is C24H24N4O2S. The summed E-state index contributed by atoms with van der Waals surface area (Å²) in [6, 6.07) is 18.4. The summed E-state index contributed by atoms with van der Waals surface area (Å²) >= 11 is 1.39. The third-order valence-corrected chi connectivity index (χ3v) is 6.88. The number of nitrogens with zero attached hydrogens (tertiary/aromatic N) is 4. The quantitative estimate of drug-likeness (QED) is 0.636. The third-order valence-electron chi connectivity index (χ3n) is 6.12. The first-order valence-corrected chi connectivity index (χ1v) is 11.4. The van der Waals surface area contributed by atoms with Crippen LogP contribution in [0.25, 0.3) is 11.1 Å². The highest BCUT2D eigenvalue weighted by atomic mass is 32.1. The molecule has 0 unspecified atom stereocenters. The first-order chi connectivity index (χ1) is 15.2. The number of amides is 2. The van der Waals surface area contributed by atoms with Crippen molar-refractivity contribution in [2.24, 2.45) is 0 Å². The molecule has 1 aromatic heterocycles. The second-order valence-corrected chi connectivity index (χ2v) is 8.87. The van der Waals surface area contributed by atoms with E-state index >= 15 is 0 Å². The number of hydrogen-bond donors (Lipinski definition) is 0. The summed E-state index contributed by atoms with van der Waals surface area (Å²) in [5, 5.41) is 2.39. The maximum Gasteiger partial charge on any atom is 0.282 e. The van der Waals surface area contributed by atoms with E-state index in [-0.39, 0.29) is 11.8 Å². The lowest BCUT2D eigenvalue weighted by molar-refractivity contribution is 0.00853. The van der Waals surface area contributed by atoms with Gasteiger partial charge in [-0.05, 0) is 23.3 Å². The Bertz CT molecular complexity index is 1040. The SMILES string of the molecule is O=C(c1ccc(-c2ccccc2)cc1)N1CC(N2CCN(C(=O)c3nccs3)CC2)C1. The van der Waals surface area contributed by atoms with Crippen LogP contribution in [0.1, 0.15) is 20.2 Å². The van der Waals surface area contributed by atoms with Gasteiger partial charge < -0.3 is 9.80 Å². The van der Waals surface area contributed by atoms with Crippen LogP contribution < -0.4 is 0 Å². The molecule has 5 rings (SSSR count). The molecule has 31 heavy (non-hydrogen) atoms. The molecule has 0 aliphatic carbocycles. The van der Waals surface area contributed by atoms with Gasteiger partial charge in [0.25, 0.3) is 11.8 Å². The van der Waals surface area contributed by atoms with Crippen LogP contribution >= 0.6 is 11.3 Å². The van der Waals surface area contributed by atoms with Gasteiger partial charge in [0.15, 0.2) is 5.01 Å². The molecule has 2 saturated heterocycles. The van der Waals surface area contributed by atoms with Gasteiger partial charge in [-0.3, -0.25) is 14.5 Å². The summed E-state index contributed by atoms with van der Waals surface area (Å²) in [7, 11) is 0. The fourth-order valence-electron chi connectivity index (χ4n) is 4.22. The zero-order valence-electron chi connectivity index (χ0n) is 17.2. The minimum Gasteiger partial charge on any atom is -0.335 e. The number of carbonyl (C=O) groups excluding carboxylic acids is 2. The van der Waals surface area contributed by atoms with E-state index in [9.17, 15) is 9.59 Å². The first-order valence-electron chi connectivity index (χ1n) is 10.6. The van der Waals surface area contributed by atoms with Crippen molar-refractivity contribution < 1.29 is 9.59 Å². The Labute approximate surface area is 185 Å². The van der Waals surface area contributed by atoms with Gasteiger partial charge in [-0.15, -0.1) is 11.3 Å². The van der Waals surface area contributed by atoms with Crippen LogP contribution in [0.15, 0.2) is 66.2 Å². The average molecular weight is 433 g/mol. The van der Waals surface area contributed by atoms with Gasteiger partial charge in [0.2, 0.25) is 0 Å². The molecule has 3 aromatic rings. The first kappa shape index (κ1) is 19.9. The van der Waals surface area contributed by atoms with Crippen molar-refractivity contribution >= 4 is 23.2 Å². The van der Waals surface area contributed by atoms with Crippen LogP contribution in [-0.2, 0) is 0 Å². The molecule has 0 N–H and O–H groups in total. The smallest absolute Gasteiger partial charge is 0.282 e. The number of piperazine rings is 1. The molecule has 0 radical (unpaired) electrons. The Morgan fingerprint density at radius 1 is 0.806 bits per heavy atom. The molecule has 0 spiro atoms. The molecule has 2 aliphatic rings. The number of hydrogen-bond acceptors (Lipinski definition) is 5. The van der Waals surface area contributed by atoms with Crippen LogP contribution in [0.2, 0.25) is 0 Å². The lowest BCUT2D eigenvalue weighted by Crippen LogP contribution is -2.64. The molecular weight excluding hydrogens is 408 g/mol. The van der Waals surface area contributed by atoms with Crippen molar-refractivity contribution in [3.8, 4) is 11.1 Å². The van der Waals surface area contributed by atoms with Crippen molar-refractivity contribution in [1.82, 2.24) is 19.7 Å². The summed E-state index contributed by atoms with van der Waals surface area (Å²) in [6.07, 6.45) is 1.67. The molecule has 0 saturated carbocycles. The van der Waals surface area contributed by atoms with E-state index in [0.717, 1.165) is 42.9 Å². The molecule has 2 aliphatic heterocycles. The van der Waals surface area contributed by atoms with Gasteiger partial charge in [0, 0.05) is 62.5 Å². The monoisotopic (exact) mass is 432 g/mol. The highest BCUT2D eigenvalue weighted by Gasteiger charge is 2.37. The molecule has 2 amide bonds. The predicted octanol–water partition coefficient (Wildman–Crippen LogP) is 3.09. The van der Waals surface area contributed by atoms with Gasteiger partial charge in [0.1, 0.15) is 0 Å². The van der Waals surface area contributed by atoms with Gasteiger partial charge in [-0.2, -0.15) is 0 Å². The minimum absolute atomic E-state index is 0.0269. The Kier molecular flexibility index (Phi) is 5.53. The van der Waals surface area contributed by atoms with E-state index < -0.39 is 0 Å². The van der Waals surface area contributed by atoms with E-state index in [0.29, 0.717) is 24.1 Å². The van der Waals surface area contributed by atoms with E-state index in [1.807, 2.05) is 57.6 Å². The molecule has 0 bridgehead atoms. The zero-order valence-corrected chi connectivity index (χ0v) is 18.0. The number of aromatic nitrogens is 1. The Morgan fingerprint density at radius 3 is 2.13 bits per heavy atom. The molecule has 7 heteroatoms. The lowest BCUT2D eigenvalue weighted by atomic mass is 10.0. The van der Waals surface area contributed by atoms with E-state index in [1.165, 1.54) is 11.3 Å². The summed E-state index contributed by atoms with van der Waals surface area (Å²) in [4.78, 5) is 35.6. The Balaban J connectivity index is 1.12. The van der Waals surface area contributed by atoms with Gasteiger partial charge >= 0.3 is 0 Å². The summed E-state index contributed by atoms with van der Waals surface area (Å²) < 4.78 is 0. The van der Waals surface area contributed by atoms with Crippen molar-refractivity contribution in [3.63, 3.8) is 0 Å². The van der Waals surface area contributed by atoms with Crippen molar-refractivity contribution in [2.75, 3.05) is 39.3 Å². The second-order valence-electron chi connectivity index (χ2n) is 7.97. The number of carbonyl (C=O) groups is 2. The van der Waals surface area contributed by atoms with Gasteiger partial charge in [0.05, 0.1) is 0 Å². The van der Waals surface area contributed by atoms with Crippen molar-refractivity contribution in [3.05, 3.63) is 76.7 Å². The fourth-order valence-corrected chi connectivity index (χ4v) is 4.83. The number of likely N-dealkylation sites (tertiary alicyclic amines) is 1. The predicted molar refractivity (Wildman–Crippen MR) is 121 cm³/mol. The van der Waals surface area contributed by atoms with Gasteiger partial charge in [-0.1, -0.05) is 42.5 Å². The molecule has 2 aromatic carbocycles. The van der Waals surface area contributed by atoms with Crippen LogP contribution in [0.4, 0.5) is 0 Å². The summed E-state index contributed by atoms with van der Waals surface area (Å²) in [6.45, 7) is 4.61. The van der Waals surface area contributed by atoms with Crippen LogP contribution in [0.5, 0.6) is 0 Å². The van der Waals surface area contributed by atoms with Crippen molar-refractivity contribution in [1.29, 1.82) is 0 Å². The fraction of sp³-hybridized carbons (Fsp3) is 0.292. The number of benzene rings is 2. The van der Waals surface area contributed by atoms with E-state index in [1.54, 1.807) is 6.20 Å². The molecule has 6 nitrogen and oxygen atoms in total. The van der Waals surface area contributed by atoms with Gasteiger partial charge in [-0.25, -0.2) is 4.98 Å². The molecule has 3 heterocycles. The maximum absolute atomic E-state index is 12.8. The lowest BCUT2D eigenvalue weighted by Gasteiger charge is -2.48. The highest BCUT2D eigenvalue weighted by molar-refractivity contribution is 7.11. The molecule has 158 valence electrons. The highest BCUT2D eigenvalue weighted by Crippen LogP contribution is 2.23. The Morgan fingerprint density at radius 2 is 1.48 bits per heavy atom. The van der Waals surface area contributed by atoms with Crippen LogP contribution in [0.3, 0.4) is 0 Å². The second kappa shape index (κ2) is 8.61. The average Bonchev–Trinajstić information content (AvgIpc) is 3.34. The van der Waals surface area contributed by atoms with Crippen LogP contribution in [-0.4, -0.2) is 76.8 Å². The van der Waals surface area contributed by atoms with Crippen molar-refractivity contribution in [2.45, 2.75) is 6.04 Å². The standard InChI is InChI=1S/C24H24N4O2S/c29-23(20-8-6-19(7-9-20)18-4-2-1-3-5-18)28-16-21(17-28)26-11-13-27(14-12-26)24(30)22-25-10-15-31-22/h1-10,15,21H,11-14,16-17H2. The zero-order chi connectivity index (χ0) is 21.2. The Hall–Kier alpha value is -3.03. The topological polar surface area (TPSA) is 56.8 Å². The normalized spacial score (nSPS) is 17.4. The number of rotatable bonds is 4. The summed E-state index contributed by atoms with van der Waals surface area (Å²) in [5.74, 6) is 0.118.